The summed E-state index contributed by atoms with van der Waals surface area (Å²) < 4.78 is 23.8. The molecule has 3 nitrogen and oxygen atoms in total. The van der Waals surface area contributed by atoms with Crippen LogP contribution in [0.15, 0.2) is 18.2 Å². The predicted octanol–water partition coefficient (Wildman–Crippen LogP) is 2.81. The van der Waals surface area contributed by atoms with E-state index in [1.165, 1.54) is 19.2 Å². The Morgan fingerprint density at radius 3 is 2.94 bits per heavy atom. The normalized spacial score (nSPS) is 24.4. The van der Waals surface area contributed by atoms with Crippen molar-refractivity contribution in [2.75, 3.05) is 19.0 Å². The zero-order valence-electron chi connectivity index (χ0n) is 10.2. The summed E-state index contributed by atoms with van der Waals surface area (Å²) in [6, 6.07) is 5.01. The second-order valence-electron chi connectivity index (χ2n) is 4.43. The quantitative estimate of drug-likeness (QED) is 0.879. The van der Waals surface area contributed by atoms with Crippen molar-refractivity contribution in [2.45, 2.75) is 31.9 Å². The topological polar surface area (TPSA) is 30.5 Å². The monoisotopic (exact) mass is 239 g/mol. The van der Waals surface area contributed by atoms with E-state index in [1.54, 1.807) is 0 Å². The van der Waals surface area contributed by atoms with Gasteiger partial charge >= 0.3 is 0 Å². The van der Waals surface area contributed by atoms with Gasteiger partial charge in [-0.15, -0.1) is 0 Å². The van der Waals surface area contributed by atoms with Crippen LogP contribution in [-0.2, 0) is 4.74 Å². The molecule has 1 fully saturated rings. The summed E-state index contributed by atoms with van der Waals surface area (Å²) in [5.41, 5.74) is 0.765. The highest BCUT2D eigenvalue weighted by Crippen LogP contribution is 2.23. The number of nitrogens with one attached hydrogen (secondary N) is 1. The van der Waals surface area contributed by atoms with Gasteiger partial charge in [0.25, 0.3) is 0 Å². The highest BCUT2D eigenvalue weighted by molar-refractivity contribution is 5.49. The lowest BCUT2D eigenvalue weighted by Crippen LogP contribution is -2.32. The van der Waals surface area contributed by atoms with Crippen LogP contribution < -0.4 is 10.1 Å². The number of anilines is 1. The minimum Gasteiger partial charge on any atom is -0.497 e. The molecule has 2 rings (SSSR count). The minimum absolute atomic E-state index is 0.261. The fraction of sp³-hybridized carbons (Fsp3) is 0.538. The molecule has 0 aliphatic carbocycles. The first-order chi connectivity index (χ1) is 8.17. The van der Waals surface area contributed by atoms with Crippen molar-refractivity contribution in [1.29, 1.82) is 0 Å². The largest absolute Gasteiger partial charge is 0.497 e. The average molecular weight is 239 g/mol. The first-order valence-electron chi connectivity index (χ1n) is 5.90. The van der Waals surface area contributed by atoms with Crippen LogP contribution in [0.1, 0.15) is 19.8 Å². The van der Waals surface area contributed by atoms with Crippen molar-refractivity contribution < 1.29 is 13.9 Å². The molecular formula is C13H18FNO2. The van der Waals surface area contributed by atoms with Gasteiger partial charge in [0.1, 0.15) is 11.6 Å². The lowest BCUT2D eigenvalue weighted by Gasteiger charge is -2.28. The third-order valence-electron chi connectivity index (χ3n) is 2.96. The van der Waals surface area contributed by atoms with Crippen molar-refractivity contribution in [1.82, 2.24) is 0 Å². The maximum Gasteiger partial charge on any atom is 0.128 e. The summed E-state index contributed by atoms with van der Waals surface area (Å²) in [6.07, 6.45) is 2.15. The lowest BCUT2D eigenvalue weighted by atomic mass is 10.0. The molecule has 2 atom stereocenters. The van der Waals surface area contributed by atoms with Crippen LogP contribution in [0.5, 0.6) is 5.75 Å². The molecule has 0 spiro atoms. The van der Waals surface area contributed by atoms with Crippen LogP contribution in [-0.4, -0.2) is 25.9 Å². The molecule has 17 heavy (non-hydrogen) atoms. The summed E-state index contributed by atoms with van der Waals surface area (Å²) >= 11 is 0. The maximum absolute atomic E-state index is 13.3. The van der Waals surface area contributed by atoms with Crippen LogP contribution in [0.25, 0.3) is 0 Å². The Balaban J connectivity index is 2.04. The van der Waals surface area contributed by atoms with Gasteiger partial charge < -0.3 is 14.8 Å². The molecule has 94 valence electrons. The standard InChI is InChI=1S/C13H18FNO2/c1-9-5-11(3-4-17-9)15-12-6-10(14)7-13(8-12)16-2/h6-9,11,15H,3-5H2,1-2H3. The summed E-state index contributed by atoms with van der Waals surface area (Å²) in [5, 5.41) is 3.33. The first kappa shape index (κ1) is 12.2. The van der Waals surface area contributed by atoms with E-state index < -0.39 is 0 Å². The molecule has 2 unspecified atom stereocenters. The van der Waals surface area contributed by atoms with E-state index in [4.69, 9.17) is 9.47 Å². The first-order valence-corrected chi connectivity index (χ1v) is 5.90. The maximum atomic E-state index is 13.3. The second-order valence-corrected chi connectivity index (χ2v) is 4.43. The molecular weight excluding hydrogens is 221 g/mol. The molecule has 1 N–H and O–H groups in total. The van der Waals surface area contributed by atoms with Crippen molar-refractivity contribution in [3.05, 3.63) is 24.0 Å². The van der Waals surface area contributed by atoms with Gasteiger partial charge in [-0.1, -0.05) is 0 Å². The SMILES string of the molecule is COc1cc(F)cc(NC2CCOC(C)C2)c1. The van der Waals surface area contributed by atoms with E-state index >= 15 is 0 Å². The highest BCUT2D eigenvalue weighted by atomic mass is 19.1. The molecule has 1 aliphatic heterocycles. The number of hydrogen-bond donors (Lipinski definition) is 1. The van der Waals surface area contributed by atoms with Crippen LogP contribution in [0.2, 0.25) is 0 Å². The minimum atomic E-state index is -0.285. The molecule has 0 amide bonds. The van der Waals surface area contributed by atoms with Gasteiger partial charge in [-0.25, -0.2) is 4.39 Å². The molecule has 1 aromatic carbocycles. The number of methoxy groups -OCH3 is 1. The Morgan fingerprint density at radius 1 is 1.41 bits per heavy atom. The summed E-state index contributed by atoms with van der Waals surface area (Å²) in [4.78, 5) is 0. The summed E-state index contributed by atoms with van der Waals surface area (Å²) in [7, 11) is 1.54. The van der Waals surface area contributed by atoms with Crippen molar-refractivity contribution in [3.8, 4) is 5.75 Å². The Labute approximate surface area is 101 Å². The van der Waals surface area contributed by atoms with E-state index in [2.05, 4.69) is 12.2 Å². The Morgan fingerprint density at radius 2 is 2.24 bits per heavy atom. The molecule has 0 bridgehead atoms. The Hall–Kier alpha value is -1.29. The molecule has 1 saturated heterocycles. The van der Waals surface area contributed by atoms with Crippen molar-refractivity contribution in [3.63, 3.8) is 0 Å². The van der Waals surface area contributed by atoms with Gasteiger partial charge in [0, 0.05) is 30.5 Å². The summed E-state index contributed by atoms with van der Waals surface area (Å²) in [6.45, 7) is 2.81. The number of benzene rings is 1. The van der Waals surface area contributed by atoms with Crippen LogP contribution >= 0.6 is 0 Å². The zero-order valence-corrected chi connectivity index (χ0v) is 10.2. The van der Waals surface area contributed by atoms with Gasteiger partial charge in [0.15, 0.2) is 0 Å². The molecule has 0 saturated carbocycles. The highest BCUT2D eigenvalue weighted by Gasteiger charge is 2.19. The predicted molar refractivity (Wildman–Crippen MR) is 65.0 cm³/mol. The van der Waals surface area contributed by atoms with Crippen molar-refractivity contribution >= 4 is 5.69 Å². The zero-order chi connectivity index (χ0) is 12.3. The Bertz CT molecular complexity index is 384. The number of halogens is 1. The fourth-order valence-corrected chi connectivity index (χ4v) is 2.13. The van der Waals surface area contributed by atoms with E-state index in [-0.39, 0.29) is 11.9 Å². The van der Waals surface area contributed by atoms with Crippen LogP contribution in [0.3, 0.4) is 0 Å². The van der Waals surface area contributed by atoms with Gasteiger partial charge in [-0.05, 0) is 25.8 Å². The third kappa shape index (κ3) is 3.33. The number of ether oxygens (including phenoxy) is 2. The number of rotatable bonds is 3. The molecule has 0 radical (unpaired) electrons. The molecule has 1 heterocycles. The third-order valence-corrected chi connectivity index (χ3v) is 2.96. The Kier molecular flexibility index (Phi) is 3.84. The average Bonchev–Trinajstić information content (AvgIpc) is 2.28. The van der Waals surface area contributed by atoms with E-state index in [0.717, 1.165) is 25.1 Å². The van der Waals surface area contributed by atoms with Crippen LogP contribution in [0.4, 0.5) is 10.1 Å². The van der Waals surface area contributed by atoms with E-state index in [1.807, 2.05) is 6.07 Å². The van der Waals surface area contributed by atoms with Gasteiger partial charge in [0.2, 0.25) is 0 Å². The van der Waals surface area contributed by atoms with Crippen LogP contribution in [0, 0.1) is 5.82 Å². The molecule has 1 aliphatic rings. The smallest absolute Gasteiger partial charge is 0.128 e. The van der Waals surface area contributed by atoms with Crippen molar-refractivity contribution in [2.24, 2.45) is 0 Å². The van der Waals surface area contributed by atoms with Gasteiger partial charge in [0.05, 0.1) is 13.2 Å². The molecule has 0 aromatic heterocycles. The van der Waals surface area contributed by atoms with Gasteiger partial charge in [-0.2, -0.15) is 0 Å². The molecule has 4 heteroatoms. The molecule has 1 aromatic rings. The summed E-state index contributed by atoms with van der Waals surface area (Å²) in [5.74, 6) is 0.250. The lowest BCUT2D eigenvalue weighted by molar-refractivity contribution is 0.0232. The van der Waals surface area contributed by atoms with E-state index in [0.29, 0.717) is 11.8 Å². The van der Waals surface area contributed by atoms with Gasteiger partial charge in [-0.3, -0.25) is 0 Å². The fourth-order valence-electron chi connectivity index (χ4n) is 2.13. The number of hydrogen-bond acceptors (Lipinski definition) is 3. The second kappa shape index (κ2) is 5.36. The van der Waals surface area contributed by atoms with E-state index in [9.17, 15) is 4.39 Å².